The highest BCUT2D eigenvalue weighted by Gasteiger charge is 2.14. The lowest BCUT2D eigenvalue weighted by molar-refractivity contribution is 0.0981. The summed E-state index contributed by atoms with van der Waals surface area (Å²) in [6.07, 6.45) is 5.16. The lowest BCUT2D eigenvalue weighted by Crippen LogP contribution is -2.07. The standard InChI is InChI=1S/C17H20ClFO2/c18-10-2-1-5-14-8-9-16(13-17(14)19)21-12-4-7-15-6-3-11-20-15/h8-9,13,15H,2-4,6-7,10-12H2. The average Bonchev–Trinajstić information content (AvgIpc) is 2.99. The maximum Gasteiger partial charge on any atom is 0.142 e. The number of ether oxygens (including phenoxy) is 2. The summed E-state index contributed by atoms with van der Waals surface area (Å²) in [4.78, 5) is 0. The molecule has 1 aliphatic heterocycles. The van der Waals surface area contributed by atoms with Crippen LogP contribution in [-0.4, -0.2) is 25.2 Å². The molecule has 1 aromatic rings. The number of benzene rings is 1. The molecule has 0 spiro atoms. The maximum absolute atomic E-state index is 13.8. The fourth-order valence-electron chi connectivity index (χ4n) is 2.26. The molecule has 0 aliphatic carbocycles. The lowest BCUT2D eigenvalue weighted by Gasteiger charge is -2.10. The maximum atomic E-state index is 13.8. The second kappa shape index (κ2) is 8.92. The summed E-state index contributed by atoms with van der Waals surface area (Å²) in [6.45, 7) is 1.46. The van der Waals surface area contributed by atoms with Gasteiger partial charge in [0.2, 0.25) is 0 Å². The Morgan fingerprint density at radius 3 is 3.05 bits per heavy atom. The first-order chi connectivity index (χ1) is 10.3. The Morgan fingerprint density at radius 1 is 1.43 bits per heavy atom. The monoisotopic (exact) mass is 310 g/mol. The Balaban J connectivity index is 1.76. The van der Waals surface area contributed by atoms with Crippen molar-refractivity contribution in [1.29, 1.82) is 0 Å². The molecule has 1 atom stereocenters. The van der Waals surface area contributed by atoms with Crippen molar-refractivity contribution in [2.75, 3.05) is 19.1 Å². The van der Waals surface area contributed by atoms with Crippen molar-refractivity contribution in [3.63, 3.8) is 0 Å². The van der Waals surface area contributed by atoms with Gasteiger partial charge >= 0.3 is 0 Å². The fraction of sp³-hybridized carbons (Fsp3) is 0.529. The van der Waals surface area contributed by atoms with E-state index in [0.29, 0.717) is 36.3 Å². The minimum atomic E-state index is -0.353. The summed E-state index contributed by atoms with van der Waals surface area (Å²) in [6, 6.07) is 4.78. The van der Waals surface area contributed by atoms with E-state index in [2.05, 4.69) is 11.8 Å². The van der Waals surface area contributed by atoms with Crippen LogP contribution in [0.1, 0.15) is 37.7 Å². The molecule has 2 nitrogen and oxygen atoms in total. The number of hydrogen-bond donors (Lipinski definition) is 0. The van der Waals surface area contributed by atoms with Crippen molar-refractivity contribution in [3.8, 4) is 17.6 Å². The Morgan fingerprint density at radius 2 is 2.33 bits per heavy atom. The lowest BCUT2D eigenvalue weighted by atomic mass is 10.1. The van der Waals surface area contributed by atoms with E-state index in [1.807, 2.05) is 0 Å². The number of hydrogen-bond acceptors (Lipinski definition) is 2. The summed E-state index contributed by atoms with van der Waals surface area (Å²) in [5.74, 6) is 6.23. The minimum absolute atomic E-state index is 0.353. The van der Waals surface area contributed by atoms with E-state index < -0.39 is 0 Å². The zero-order valence-corrected chi connectivity index (χ0v) is 12.8. The fourth-order valence-corrected chi connectivity index (χ4v) is 2.36. The number of alkyl halides is 1. The van der Waals surface area contributed by atoms with Crippen LogP contribution in [-0.2, 0) is 4.74 Å². The minimum Gasteiger partial charge on any atom is -0.493 e. The molecular weight excluding hydrogens is 291 g/mol. The molecule has 0 N–H and O–H groups in total. The average molecular weight is 311 g/mol. The highest BCUT2D eigenvalue weighted by atomic mass is 35.5. The van der Waals surface area contributed by atoms with Crippen molar-refractivity contribution < 1.29 is 13.9 Å². The van der Waals surface area contributed by atoms with Gasteiger partial charge in [-0.1, -0.05) is 11.8 Å². The zero-order valence-electron chi connectivity index (χ0n) is 12.0. The van der Waals surface area contributed by atoms with Crippen LogP contribution in [0.4, 0.5) is 4.39 Å². The van der Waals surface area contributed by atoms with Gasteiger partial charge in [0.15, 0.2) is 0 Å². The van der Waals surface area contributed by atoms with E-state index in [1.54, 1.807) is 12.1 Å². The molecule has 0 amide bonds. The number of halogens is 2. The van der Waals surface area contributed by atoms with Crippen molar-refractivity contribution in [3.05, 3.63) is 29.6 Å². The van der Waals surface area contributed by atoms with Gasteiger partial charge in [-0.3, -0.25) is 0 Å². The largest absolute Gasteiger partial charge is 0.493 e. The van der Waals surface area contributed by atoms with Gasteiger partial charge in [-0.05, 0) is 37.8 Å². The molecule has 0 saturated carbocycles. The Kier molecular flexibility index (Phi) is 6.85. The van der Waals surface area contributed by atoms with Crippen LogP contribution in [0, 0.1) is 17.7 Å². The van der Waals surface area contributed by atoms with E-state index >= 15 is 0 Å². The van der Waals surface area contributed by atoms with E-state index in [-0.39, 0.29) is 5.82 Å². The van der Waals surface area contributed by atoms with Gasteiger partial charge in [-0.15, -0.1) is 11.6 Å². The molecule has 0 aromatic heterocycles. The van der Waals surface area contributed by atoms with Crippen LogP contribution in [0.15, 0.2) is 18.2 Å². The third-order valence-electron chi connectivity index (χ3n) is 3.35. The van der Waals surface area contributed by atoms with Gasteiger partial charge < -0.3 is 9.47 Å². The van der Waals surface area contributed by atoms with Gasteiger partial charge in [-0.2, -0.15) is 0 Å². The smallest absolute Gasteiger partial charge is 0.142 e. The Labute approximate surface area is 130 Å². The molecule has 1 aliphatic rings. The predicted octanol–water partition coefficient (Wildman–Crippen LogP) is 4.14. The second-order valence-electron chi connectivity index (χ2n) is 5.01. The van der Waals surface area contributed by atoms with E-state index in [9.17, 15) is 4.39 Å². The summed E-state index contributed by atoms with van der Waals surface area (Å²) in [5, 5.41) is 0. The Hall–Kier alpha value is -1.24. The van der Waals surface area contributed by atoms with Crippen LogP contribution in [0.2, 0.25) is 0 Å². The van der Waals surface area contributed by atoms with Gasteiger partial charge in [0.05, 0.1) is 18.3 Å². The molecule has 1 aromatic carbocycles. The molecular formula is C17H20ClFO2. The van der Waals surface area contributed by atoms with Crippen molar-refractivity contribution in [2.45, 2.75) is 38.2 Å². The zero-order chi connectivity index (χ0) is 14.9. The highest BCUT2D eigenvalue weighted by molar-refractivity contribution is 6.18. The molecule has 1 saturated heterocycles. The molecule has 1 unspecified atom stereocenters. The third-order valence-corrected chi connectivity index (χ3v) is 3.54. The SMILES string of the molecule is Fc1cc(OCCCC2CCCO2)ccc1C#CCCCl. The van der Waals surface area contributed by atoms with Crippen LogP contribution in [0.25, 0.3) is 0 Å². The van der Waals surface area contributed by atoms with Crippen LogP contribution < -0.4 is 4.74 Å². The molecule has 2 rings (SSSR count). The molecule has 21 heavy (non-hydrogen) atoms. The van der Waals surface area contributed by atoms with Gasteiger partial charge in [0.1, 0.15) is 11.6 Å². The molecule has 0 bridgehead atoms. The normalized spacial score (nSPS) is 17.3. The summed E-state index contributed by atoms with van der Waals surface area (Å²) in [5.41, 5.74) is 0.381. The van der Waals surface area contributed by atoms with Gasteiger partial charge in [0.25, 0.3) is 0 Å². The van der Waals surface area contributed by atoms with Crippen LogP contribution >= 0.6 is 11.6 Å². The predicted molar refractivity (Wildman–Crippen MR) is 82.3 cm³/mol. The summed E-state index contributed by atoms with van der Waals surface area (Å²) < 4.78 is 24.9. The topological polar surface area (TPSA) is 18.5 Å². The first-order valence-corrected chi connectivity index (χ1v) is 7.92. The van der Waals surface area contributed by atoms with Gasteiger partial charge in [0, 0.05) is 25.0 Å². The van der Waals surface area contributed by atoms with Crippen molar-refractivity contribution in [1.82, 2.24) is 0 Å². The summed E-state index contributed by atoms with van der Waals surface area (Å²) in [7, 11) is 0. The third kappa shape index (κ3) is 5.57. The number of rotatable bonds is 6. The Bertz CT molecular complexity index is 501. The van der Waals surface area contributed by atoms with Crippen molar-refractivity contribution >= 4 is 11.6 Å². The first-order valence-electron chi connectivity index (χ1n) is 7.38. The molecule has 1 fully saturated rings. The highest BCUT2D eigenvalue weighted by Crippen LogP contribution is 2.19. The van der Waals surface area contributed by atoms with Crippen LogP contribution in [0.5, 0.6) is 5.75 Å². The van der Waals surface area contributed by atoms with E-state index in [0.717, 1.165) is 32.3 Å². The molecule has 114 valence electrons. The van der Waals surface area contributed by atoms with Gasteiger partial charge in [-0.25, -0.2) is 4.39 Å². The van der Waals surface area contributed by atoms with Crippen LogP contribution in [0.3, 0.4) is 0 Å². The quantitative estimate of drug-likeness (QED) is 0.446. The first kappa shape index (κ1) is 16.1. The second-order valence-corrected chi connectivity index (χ2v) is 5.39. The van der Waals surface area contributed by atoms with E-state index in [4.69, 9.17) is 21.1 Å². The molecule has 4 heteroatoms. The van der Waals surface area contributed by atoms with Crippen molar-refractivity contribution in [2.24, 2.45) is 0 Å². The molecule has 0 radical (unpaired) electrons. The summed E-state index contributed by atoms with van der Waals surface area (Å²) >= 11 is 5.53. The van der Waals surface area contributed by atoms with E-state index in [1.165, 1.54) is 6.07 Å². The molecule has 1 heterocycles.